The number of ketones is 4. The number of anilines is 1. The molecule has 5 rings (SSSR count). The molecule has 6 atom stereocenters. The number of nitrogens with zero attached hydrogens (tertiary/aromatic N) is 2. The van der Waals surface area contributed by atoms with Crippen molar-refractivity contribution in [2.75, 3.05) is 33.1 Å². The molecule has 5 N–H and O–H groups in total. The normalized spacial score (nSPS) is 33.1. The smallest absolute Gasteiger partial charge is 0.235 e. The Balaban J connectivity index is 1.60. The first-order chi connectivity index (χ1) is 20.2. The molecule has 2 unspecified atom stereocenters. The van der Waals surface area contributed by atoms with Gasteiger partial charge in [-0.15, -0.1) is 0 Å². The number of aliphatic hydroxyl groups is 1. The molecule has 0 bridgehead atoms. The average Bonchev–Trinajstić information content (AvgIpc) is 2.85. The molecule has 0 spiro atoms. The van der Waals surface area contributed by atoms with Crippen molar-refractivity contribution in [3.63, 3.8) is 0 Å². The van der Waals surface area contributed by atoms with Gasteiger partial charge in [-0.25, -0.2) is 0 Å². The number of carbonyl (C=O) groups excluding carboxylic acids is 5. The number of rotatable bonds is 5. The van der Waals surface area contributed by atoms with E-state index >= 15 is 0 Å². The average molecular weight is 611 g/mol. The molecule has 3 aliphatic carbocycles. The monoisotopic (exact) mass is 610 g/mol. The Morgan fingerprint density at radius 2 is 1.61 bits per heavy atom. The SMILES string of the molecule is CN(C)c1cc(CC2CC(C)(C)NC(C)(C)C2)c(O)c2c1C[C@@H]1C[C@@H]3[C@@H](N(C)C)C(=O)C(C(N)=O)C(=O)[C@]3(O)C(=O)C1C2=O. The van der Waals surface area contributed by atoms with Crippen molar-refractivity contribution >= 4 is 34.7 Å². The zero-order chi connectivity index (χ0) is 32.8. The zero-order valence-corrected chi connectivity index (χ0v) is 27.0. The van der Waals surface area contributed by atoms with Gasteiger partial charge in [-0.2, -0.15) is 0 Å². The number of hydrogen-bond acceptors (Lipinski definition) is 10. The van der Waals surface area contributed by atoms with E-state index in [1.54, 1.807) is 14.1 Å². The molecule has 3 fully saturated rings. The van der Waals surface area contributed by atoms with Gasteiger partial charge in [-0.3, -0.25) is 28.9 Å². The quantitative estimate of drug-likeness (QED) is 0.353. The summed E-state index contributed by atoms with van der Waals surface area (Å²) in [5.74, 6) is -10.1. The van der Waals surface area contributed by atoms with E-state index in [-0.39, 0.29) is 41.2 Å². The molecule has 1 amide bonds. The minimum atomic E-state index is -2.74. The van der Waals surface area contributed by atoms with E-state index in [4.69, 9.17) is 5.73 Å². The minimum Gasteiger partial charge on any atom is -0.507 e. The van der Waals surface area contributed by atoms with Gasteiger partial charge in [0.2, 0.25) is 5.91 Å². The maximum absolute atomic E-state index is 14.3. The molecule has 1 aromatic carbocycles. The minimum absolute atomic E-state index is 0.0263. The second-order valence-corrected chi connectivity index (χ2v) is 15.3. The Morgan fingerprint density at radius 3 is 2.14 bits per heavy atom. The van der Waals surface area contributed by atoms with Gasteiger partial charge in [0.25, 0.3) is 0 Å². The van der Waals surface area contributed by atoms with E-state index < -0.39 is 64.4 Å². The predicted octanol–water partition coefficient (Wildman–Crippen LogP) is 1.03. The molecule has 0 aromatic heterocycles. The lowest BCUT2D eigenvalue weighted by Crippen LogP contribution is -2.74. The fourth-order valence-electron chi connectivity index (χ4n) is 9.25. The molecular weight excluding hydrogens is 564 g/mol. The highest BCUT2D eigenvalue weighted by molar-refractivity contribution is 6.32. The lowest BCUT2D eigenvalue weighted by Gasteiger charge is -2.52. The molecule has 44 heavy (non-hydrogen) atoms. The Hall–Kier alpha value is -3.15. The number of hydrogen-bond donors (Lipinski definition) is 4. The van der Waals surface area contributed by atoms with Crippen LogP contribution in [-0.4, -0.2) is 95.1 Å². The van der Waals surface area contributed by atoms with Crippen LogP contribution in [0, 0.1) is 29.6 Å². The molecule has 1 heterocycles. The summed E-state index contributed by atoms with van der Waals surface area (Å²) in [6.07, 6.45) is 2.52. The third-order valence-corrected chi connectivity index (χ3v) is 10.4. The van der Waals surface area contributed by atoms with E-state index in [9.17, 15) is 34.2 Å². The first-order valence-electron chi connectivity index (χ1n) is 15.4. The standard InChI is InChI=1S/C33H46N4O7/c1-31(2)13-15(14-32(3,4)35-31)9-17-12-20(36(5)6)18-10-16-11-19-24(37(7)8)27(40)23(30(34)43)29(42)33(19,44)28(41)21(16)26(39)22(18)25(17)38/h12,15-16,19,21,23-24,35,38,44H,9-11,13-14H2,1-8H3,(H2,34,43)/t16-,19-,21?,23?,24-,33-/m1/s1. The summed E-state index contributed by atoms with van der Waals surface area (Å²) in [5, 5.41) is 27.2. The molecule has 1 saturated heterocycles. The third-order valence-electron chi connectivity index (χ3n) is 10.4. The summed E-state index contributed by atoms with van der Waals surface area (Å²) in [5.41, 5.74) is 4.47. The zero-order valence-electron chi connectivity index (χ0n) is 27.0. The van der Waals surface area contributed by atoms with Crippen LogP contribution in [0.5, 0.6) is 5.75 Å². The maximum Gasteiger partial charge on any atom is 0.235 e. The number of nitrogens with two attached hydrogens (primary N) is 1. The summed E-state index contributed by atoms with van der Waals surface area (Å²) in [6.45, 7) is 8.61. The van der Waals surface area contributed by atoms with Gasteiger partial charge in [0, 0.05) is 36.8 Å². The molecule has 1 aliphatic heterocycles. The van der Waals surface area contributed by atoms with Gasteiger partial charge in [0.15, 0.2) is 34.7 Å². The van der Waals surface area contributed by atoms with Crippen molar-refractivity contribution in [1.29, 1.82) is 0 Å². The third kappa shape index (κ3) is 4.87. The number of likely N-dealkylation sites (N-methyl/N-ethyl adjacent to an activating group) is 1. The van der Waals surface area contributed by atoms with E-state index in [0.717, 1.165) is 18.5 Å². The van der Waals surface area contributed by atoms with Crippen LogP contribution in [0.15, 0.2) is 6.07 Å². The lowest BCUT2D eigenvalue weighted by molar-refractivity contribution is -0.181. The van der Waals surface area contributed by atoms with Crippen molar-refractivity contribution < 1.29 is 34.2 Å². The first kappa shape index (κ1) is 32.2. The molecule has 1 aromatic rings. The van der Waals surface area contributed by atoms with E-state index in [2.05, 4.69) is 33.0 Å². The fraction of sp³-hybridized carbons (Fsp3) is 0.667. The second kappa shape index (κ2) is 10.5. The number of amides is 1. The topological polar surface area (TPSA) is 170 Å². The van der Waals surface area contributed by atoms with Crippen LogP contribution in [0.2, 0.25) is 0 Å². The molecule has 2 saturated carbocycles. The van der Waals surface area contributed by atoms with Gasteiger partial charge in [-0.1, -0.05) is 0 Å². The van der Waals surface area contributed by atoms with Crippen LogP contribution >= 0.6 is 0 Å². The number of piperidine rings is 1. The summed E-state index contributed by atoms with van der Waals surface area (Å²) in [6, 6.07) is 0.803. The Bertz CT molecular complexity index is 1450. The van der Waals surface area contributed by atoms with Gasteiger partial charge in [0.1, 0.15) is 5.75 Å². The number of carbonyl (C=O) groups is 5. The lowest BCUT2D eigenvalue weighted by atomic mass is 9.52. The summed E-state index contributed by atoms with van der Waals surface area (Å²) < 4.78 is 0. The number of benzene rings is 1. The number of fused-ring (bicyclic) bond motifs is 3. The van der Waals surface area contributed by atoms with E-state index in [1.807, 2.05) is 25.1 Å². The van der Waals surface area contributed by atoms with Gasteiger partial charge < -0.3 is 26.2 Å². The molecular formula is C33H46N4O7. The molecule has 4 aliphatic rings. The van der Waals surface area contributed by atoms with E-state index in [0.29, 0.717) is 17.5 Å². The van der Waals surface area contributed by atoms with Crippen molar-refractivity contribution in [1.82, 2.24) is 10.2 Å². The summed E-state index contributed by atoms with van der Waals surface area (Å²) in [4.78, 5) is 71.0. The van der Waals surface area contributed by atoms with Crippen molar-refractivity contribution in [2.24, 2.45) is 35.3 Å². The first-order valence-corrected chi connectivity index (χ1v) is 15.4. The second-order valence-electron chi connectivity index (χ2n) is 15.3. The number of primary amides is 1. The number of phenolic OH excluding ortho intramolecular Hbond substituents is 1. The van der Waals surface area contributed by atoms with Crippen LogP contribution in [0.1, 0.15) is 68.4 Å². The van der Waals surface area contributed by atoms with Gasteiger partial charge in [0.05, 0.1) is 17.5 Å². The predicted molar refractivity (Wildman–Crippen MR) is 163 cm³/mol. The van der Waals surface area contributed by atoms with Crippen LogP contribution in [0.4, 0.5) is 5.69 Å². The van der Waals surface area contributed by atoms with Crippen LogP contribution in [-0.2, 0) is 32.0 Å². The molecule has 240 valence electrons. The number of Topliss-reactive ketones (excluding diaryl/α,β-unsaturated/α-hetero) is 4. The van der Waals surface area contributed by atoms with Crippen LogP contribution in [0.25, 0.3) is 0 Å². The van der Waals surface area contributed by atoms with Crippen molar-refractivity contribution in [3.05, 3.63) is 22.8 Å². The highest BCUT2D eigenvalue weighted by Gasteiger charge is 2.69. The van der Waals surface area contributed by atoms with Crippen LogP contribution < -0.4 is 16.0 Å². The molecule has 0 radical (unpaired) electrons. The Kier molecular flexibility index (Phi) is 7.66. The maximum atomic E-state index is 14.3. The summed E-state index contributed by atoms with van der Waals surface area (Å²) >= 11 is 0. The highest BCUT2D eigenvalue weighted by Crippen LogP contribution is 2.52. The molecule has 11 nitrogen and oxygen atoms in total. The van der Waals surface area contributed by atoms with E-state index in [1.165, 1.54) is 4.90 Å². The number of aromatic hydroxyl groups is 1. The fourth-order valence-corrected chi connectivity index (χ4v) is 9.25. The molecule has 11 heteroatoms. The largest absolute Gasteiger partial charge is 0.507 e. The number of phenols is 1. The Labute approximate surface area is 258 Å². The summed E-state index contributed by atoms with van der Waals surface area (Å²) in [7, 11) is 6.87. The highest BCUT2D eigenvalue weighted by atomic mass is 16.3. The van der Waals surface area contributed by atoms with Gasteiger partial charge in [-0.05, 0) is 103 Å². The Morgan fingerprint density at radius 1 is 1.02 bits per heavy atom. The van der Waals surface area contributed by atoms with Crippen LogP contribution in [0.3, 0.4) is 0 Å². The van der Waals surface area contributed by atoms with Crippen molar-refractivity contribution in [3.8, 4) is 5.75 Å². The van der Waals surface area contributed by atoms with Gasteiger partial charge >= 0.3 is 0 Å². The van der Waals surface area contributed by atoms with Crippen molar-refractivity contribution in [2.45, 2.75) is 82.5 Å². The number of nitrogens with one attached hydrogen (secondary N) is 1.